The van der Waals surface area contributed by atoms with Crippen molar-refractivity contribution >= 4 is 17.7 Å². The fourth-order valence-corrected chi connectivity index (χ4v) is 2.53. The Bertz CT molecular complexity index is 684. The molecule has 7 nitrogen and oxygen atoms in total. The molecule has 3 N–H and O–H groups in total. The number of nitrogens with zero attached hydrogens (tertiary/aromatic N) is 2. The van der Waals surface area contributed by atoms with Gasteiger partial charge < -0.3 is 15.3 Å². The summed E-state index contributed by atoms with van der Waals surface area (Å²) in [5.41, 5.74) is 2.44. The highest BCUT2D eigenvalue weighted by molar-refractivity contribution is 5.90. The highest BCUT2D eigenvalue weighted by atomic mass is 16.4. The Labute approximate surface area is 126 Å². The first-order valence-corrected chi connectivity index (χ1v) is 7.02. The Balaban J connectivity index is 1.67. The maximum Gasteiger partial charge on any atom is 0.321 e. The van der Waals surface area contributed by atoms with Gasteiger partial charge in [-0.05, 0) is 24.6 Å². The van der Waals surface area contributed by atoms with Crippen LogP contribution in [0.2, 0.25) is 0 Å². The number of benzene rings is 1. The van der Waals surface area contributed by atoms with Gasteiger partial charge in [-0.25, -0.2) is 4.79 Å². The van der Waals surface area contributed by atoms with E-state index < -0.39 is 11.9 Å². The Morgan fingerprint density at radius 1 is 1.36 bits per heavy atom. The van der Waals surface area contributed by atoms with E-state index in [0.29, 0.717) is 18.7 Å². The fourth-order valence-electron chi connectivity index (χ4n) is 2.53. The number of aromatic nitrogens is 2. The number of rotatable bonds is 3. The van der Waals surface area contributed by atoms with Gasteiger partial charge in [-0.2, -0.15) is 5.10 Å². The number of hydrogen-bond donors (Lipinski definition) is 3. The van der Waals surface area contributed by atoms with Crippen LogP contribution in [-0.2, 0) is 4.79 Å². The molecule has 2 amide bonds. The average molecular weight is 300 g/mol. The molecule has 22 heavy (non-hydrogen) atoms. The van der Waals surface area contributed by atoms with Gasteiger partial charge in [0.25, 0.3) is 0 Å². The molecule has 1 aliphatic rings. The van der Waals surface area contributed by atoms with Gasteiger partial charge in [-0.1, -0.05) is 12.1 Å². The molecular formula is C15H16N4O3. The van der Waals surface area contributed by atoms with Gasteiger partial charge in [-0.3, -0.25) is 9.89 Å². The van der Waals surface area contributed by atoms with Crippen molar-refractivity contribution in [2.24, 2.45) is 5.92 Å². The van der Waals surface area contributed by atoms with Crippen LogP contribution in [0.5, 0.6) is 0 Å². The van der Waals surface area contributed by atoms with Gasteiger partial charge in [0.05, 0.1) is 11.6 Å². The molecule has 1 atom stereocenters. The Morgan fingerprint density at radius 2 is 2.23 bits per heavy atom. The zero-order chi connectivity index (χ0) is 15.5. The van der Waals surface area contributed by atoms with E-state index in [4.69, 9.17) is 5.11 Å². The first kappa shape index (κ1) is 14.1. The molecule has 0 spiro atoms. The molecule has 1 fully saturated rings. The minimum absolute atomic E-state index is 0.251. The van der Waals surface area contributed by atoms with Crippen LogP contribution in [0.4, 0.5) is 10.5 Å². The molecule has 1 aliphatic heterocycles. The van der Waals surface area contributed by atoms with E-state index in [-0.39, 0.29) is 12.6 Å². The van der Waals surface area contributed by atoms with Crippen molar-refractivity contribution in [1.29, 1.82) is 0 Å². The molecule has 3 rings (SSSR count). The van der Waals surface area contributed by atoms with Crippen LogP contribution in [0.15, 0.2) is 36.5 Å². The number of carboxylic acid groups (broad SMARTS) is 1. The summed E-state index contributed by atoms with van der Waals surface area (Å²) < 4.78 is 0. The van der Waals surface area contributed by atoms with Gasteiger partial charge in [0, 0.05) is 30.5 Å². The summed E-state index contributed by atoms with van der Waals surface area (Å²) in [5.74, 6) is -1.32. The second-order valence-corrected chi connectivity index (χ2v) is 5.25. The third kappa shape index (κ3) is 2.93. The summed E-state index contributed by atoms with van der Waals surface area (Å²) in [6, 6.07) is 8.97. The molecule has 0 bridgehead atoms. The molecule has 0 radical (unpaired) electrons. The molecule has 0 saturated carbocycles. The number of carbonyl (C=O) groups is 2. The molecule has 114 valence electrons. The number of hydrogen-bond acceptors (Lipinski definition) is 3. The molecule has 0 aliphatic carbocycles. The number of amides is 2. The first-order valence-electron chi connectivity index (χ1n) is 7.02. The maximum atomic E-state index is 12.2. The average Bonchev–Trinajstić information content (AvgIpc) is 3.19. The van der Waals surface area contributed by atoms with Crippen molar-refractivity contribution in [3.05, 3.63) is 36.5 Å². The molecular weight excluding hydrogens is 284 g/mol. The summed E-state index contributed by atoms with van der Waals surface area (Å²) in [5, 5.41) is 18.6. The van der Waals surface area contributed by atoms with E-state index in [9.17, 15) is 9.59 Å². The largest absolute Gasteiger partial charge is 0.481 e. The van der Waals surface area contributed by atoms with Crippen LogP contribution in [-0.4, -0.2) is 45.3 Å². The molecule has 1 saturated heterocycles. The highest BCUT2D eigenvalue weighted by Crippen LogP contribution is 2.22. The lowest BCUT2D eigenvalue weighted by Gasteiger charge is -2.17. The molecule has 1 aromatic carbocycles. The Hall–Kier alpha value is -2.83. The lowest BCUT2D eigenvalue weighted by Crippen LogP contribution is -2.33. The predicted molar refractivity (Wildman–Crippen MR) is 80.4 cm³/mol. The van der Waals surface area contributed by atoms with Crippen LogP contribution in [0.1, 0.15) is 6.42 Å². The van der Waals surface area contributed by atoms with Crippen molar-refractivity contribution in [2.45, 2.75) is 6.42 Å². The van der Waals surface area contributed by atoms with E-state index in [1.807, 2.05) is 24.3 Å². The monoisotopic (exact) mass is 300 g/mol. The van der Waals surface area contributed by atoms with Crippen LogP contribution < -0.4 is 5.32 Å². The lowest BCUT2D eigenvalue weighted by atomic mass is 10.1. The minimum Gasteiger partial charge on any atom is -0.481 e. The third-order valence-corrected chi connectivity index (χ3v) is 3.75. The van der Waals surface area contributed by atoms with Crippen molar-refractivity contribution in [2.75, 3.05) is 18.4 Å². The van der Waals surface area contributed by atoms with Crippen LogP contribution >= 0.6 is 0 Å². The number of aliphatic carboxylic acids is 1. The number of H-pyrrole nitrogens is 1. The summed E-state index contributed by atoms with van der Waals surface area (Å²) >= 11 is 0. The molecule has 2 aromatic rings. The minimum atomic E-state index is -0.850. The van der Waals surface area contributed by atoms with Crippen LogP contribution in [0, 0.1) is 5.92 Å². The number of anilines is 1. The molecule has 7 heteroatoms. The number of carbonyl (C=O) groups excluding carboxylic acids is 1. The SMILES string of the molecule is O=C(O)C1CCN(C(=O)Nc2cccc(-c3ccn[nH]3)c2)C1. The van der Waals surface area contributed by atoms with E-state index in [1.54, 1.807) is 12.3 Å². The number of urea groups is 1. The fraction of sp³-hybridized carbons (Fsp3) is 0.267. The van der Waals surface area contributed by atoms with Crippen molar-refractivity contribution in [1.82, 2.24) is 15.1 Å². The summed E-state index contributed by atoms with van der Waals surface area (Å²) in [6.45, 7) is 0.713. The smallest absolute Gasteiger partial charge is 0.321 e. The van der Waals surface area contributed by atoms with Crippen LogP contribution in [0.25, 0.3) is 11.3 Å². The number of carboxylic acids is 1. The number of likely N-dealkylation sites (tertiary alicyclic amines) is 1. The van der Waals surface area contributed by atoms with Crippen molar-refractivity contribution in [3.8, 4) is 11.3 Å². The summed E-state index contributed by atoms with van der Waals surface area (Å²) in [6.07, 6.45) is 2.16. The van der Waals surface area contributed by atoms with Gasteiger partial charge in [-0.15, -0.1) is 0 Å². The van der Waals surface area contributed by atoms with Crippen LogP contribution in [0.3, 0.4) is 0 Å². The van der Waals surface area contributed by atoms with Gasteiger partial charge in [0.2, 0.25) is 0 Å². The zero-order valence-electron chi connectivity index (χ0n) is 11.8. The Kier molecular flexibility index (Phi) is 3.78. The second-order valence-electron chi connectivity index (χ2n) is 5.25. The number of aromatic amines is 1. The summed E-state index contributed by atoms with van der Waals surface area (Å²) in [7, 11) is 0. The van der Waals surface area contributed by atoms with E-state index in [0.717, 1.165) is 11.3 Å². The van der Waals surface area contributed by atoms with Crippen molar-refractivity contribution in [3.63, 3.8) is 0 Å². The second kappa shape index (κ2) is 5.88. The summed E-state index contributed by atoms with van der Waals surface area (Å²) in [4.78, 5) is 24.6. The Morgan fingerprint density at radius 3 is 2.91 bits per heavy atom. The zero-order valence-corrected chi connectivity index (χ0v) is 11.8. The molecule has 1 aromatic heterocycles. The quantitative estimate of drug-likeness (QED) is 0.807. The standard InChI is InChI=1S/C15H16N4O3/c20-14(21)11-5-7-19(9-11)15(22)17-12-3-1-2-10(8-12)13-4-6-16-18-13/h1-4,6,8,11H,5,7,9H2,(H,16,18)(H,17,22)(H,20,21). The van der Waals surface area contributed by atoms with E-state index >= 15 is 0 Å². The third-order valence-electron chi connectivity index (χ3n) is 3.75. The molecule has 2 heterocycles. The van der Waals surface area contributed by atoms with Gasteiger partial charge in [0.1, 0.15) is 0 Å². The van der Waals surface area contributed by atoms with Crippen molar-refractivity contribution < 1.29 is 14.7 Å². The topological polar surface area (TPSA) is 98.3 Å². The van der Waals surface area contributed by atoms with Gasteiger partial charge >= 0.3 is 12.0 Å². The highest BCUT2D eigenvalue weighted by Gasteiger charge is 2.30. The lowest BCUT2D eigenvalue weighted by molar-refractivity contribution is -0.141. The normalized spacial score (nSPS) is 17.5. The van der Waals surface area contributed by atoms with Gasteiger partial charge in [0.15, 0.2) is 0 Å². The first-order chi connectivity index (χ1) is 10.6. The molecule has 1 unspecified atom stereocenters. The number of nitrogens with one attached hydrogen (secondary N) is 2. The maximum absolute atomic E-state index is 12.2. The van der Waals surface area contributed by atoms with E-state index in [2.05, 4.69) is 15.5 Å². The predicted octanol–water partition coefficient (Wildman–Crippen LogP) is 2.02. The van der Waals surface area contributed by atoms with E-state index in [1.165, 1.54) is 4.90 Å².